The summed E-state index contributed by atoms with van der Waals surface area (Å²) in [5.74, 6) is -31.4. The number of hydrogen-bond acceptors (Lipinski definition) is 27. The largest absolute Gasteiger partial charge is 0.458 e. The van der Waals surface area contributed by atoms with Gasteiger partial charge in [-0.2, -0.15) is 0 Å². The van der Waals surface area contributed by atoms with Crippen LogP contribution >= 0.6 is 0 Å². The molecule has 51 heteroatoms. The SMILES string of the molecule is CCC(C)C1NC(=O)C(C)NC(=O)C(CC(N)=O)NC(=O)CN(C)C(=O)C(CC(N)=O)NC(=O)C(NC(=O)C(CC(N)=O)NC(=O)C(CC(C)C)N(C)C(=O)C(C(C)C)N(C)C(=O)C(C(C)CC)N(C)C(=O)C(CC(N)=O)N(C)C(=O)C(C(C)C)N(C)C(=O)C(Cc2ccccc2)NC(=O)COC)C(C)OC(=O)C(C(C)CC)N(C)C(=O)C(C)NC(=O)C(CC(=O)NC(N)=O)NC(=O)C(C)=C2NC(=O)CC2NC1=O. The Hall–Kier alpha value is -14.3. The molecule has 1 saturated heterocycles. The fourth-order valence-electron chi connectivity index (χ4n) is 16.5. The minimum Gasteiger partial charge on any atom is -0.458 e. The Kier molecular flexibility index (Phi) is 49.1. The summed E-state index contributed by atoms with van der Waals surface area (Å²) in [6, 6.07) is -20.5. The topological polar surface area (TPSA) is 742 Å². The van der Waals surface area contributed by atoms with Crippen molar-refractivity contribution in [3.8, 4) is 0 Å². The van der Waals surface area contributed by atoms with Crippen molar-refractivity contribution in [1.82, 2.24) is 98.1 Å². The predicted molar refractivity (Wildman–Crippen MR) is 516 cm³/mol. The van der Waals surface area contributed by atoms with Gasteiger partial charge in [-0.05, 0) is 75.2 Å². The Morgan fingerprint density at radius 2 is 1.02 bits per heavy atom. The highest BCUT2D eigenvalue weighted by molar-refractivity contribution is 6.06. The van der Waals surface area contributed by atoms with Crippen LogP contribution in [0.25, 0.3) is 0 Å². The van der Waals surface area contributed by atoms with Crippen molar-refractivity contribution in [2.75, 3.05) is 69.6 Å². The predicted octanol–water partition coefficient (Wildman–Crippen LogP) is -6.49. The first kappa shape index (κ1) is 124. The van der Waals surface area contributed by atoms with Gasteiger partial charge in [0.2, 0.25) is 136 Å². The van der Waals surface area contributed by atoms with Crippen molar-refractivity contribution >= 4 is 148 Å². The maximum atomic E-state index is 15.6. The molecule has 3 rings (SSSR count). The summed E-state index contributed by atoms with van der Waals surface area (Å²) in [7, 11) is 9.56. The molecule has 1 aromatic rings. The molecule has 0 aromatic heterocycles. The van der Waals surface area contributed by atoms with E-state index in [1.165, 1.54) is 49.3 Å². The van der Waals surface area contributed by atoms with Crippen LogP contribution in [0.5, 0.6) is 0 Å². The number of fused-ring (bicyclic) bond motifs is 1. The fraction of sp³-hybridized carbons (Fsp3) is 0.645. The molecule has 51 nitrogen and oxygen atoms in total. The monoisotopic (exact) mass is 2030 g/mol. The molecule has 25 amide bonds. The second-order valence-electron chi connectivity index (χ2n) is 37.7. The van der Waals surface area contributed by atoms with Crippen molar-refractivity contribution in [1.29, 1.82) is 0 Å². The molecular weight excluding hydrogens is 1890 g/mol. The molecule has 0 bridgehead atoms. The van der Waals surface area contributed by atoms with Crippen LogP contribution in [0.2, 0.25) is 0 Å². The number of carbonyl (C=O) groups is 25. The number of carbonyl (C=O) groups excluding carboxylic acids is 25. The Labute approximate surface area is 836 Å². The first-order valence-corrected chi connectivity index (χ1v) is 47.3. The molecule has 20 unspecified atom stereocenters. The van der Waals surface area contributed by atoms with Crippen LogP contribution in [0.1, 0.15) is 181 Å². The molecule has 2 aliphatic heterocycles. The smallest absolute Gasteiger partial charge is 0.329 e. The number of esters is 1. The maximum absolute atomic E-state index is 15.6. The van der Waals surface area contributed by atoms with Crippen molar-refractivity contribution in [3.63, 3.8) is 0 Å². The van der Waals surface area contributed by atoms with Crippen LogP contribution in [0.3, 0.4) is 0 Å². The van der Waals surface area contributed by atoms with Gasteiger partial charge in [0.15, 0.2) is 0 Å². The number of nitrogens with two attached hydrogens (primary N) is 5. The van der Waals surface area contributed by atoms with E-state index in [0.29, 0.717) is 10.5 Å². The Morgan fingerprint density at radius 3 is 1.53 bits per heavy atom. The minimum atomic E-state index is -2.40. The Balaban J connectivity index is 2.33. The van der Waals surface area contributed by atoms with Crippen molar-refractivity contribution in [2.45, 2.75) is 284 Å². The zero-order valence-electron chi connectivity index (χ0n) is 86.4. The molecule has 0 aliphatic carbocycles. The van der Waals surface area contributed by atoms with Gasteiger partial charge in [0, 0.05) is 74.1 Å². The number of nitrogens with zero attached hydrogens (tertiary/aromatic N) is 7. The summed E-state index contributed by atoms with van der Waals surface area (Å²) < 4.78 is 11.0. The maximum Gasteiger partial charge on any atom is 0.329 e. The molecule has 0 spiro atoms. The highest BCUT2D eigenvalue weighted by atomic mass is 16.5. The second kappa shape index (κ2) is 57.1. The number of urea groups is 1. The van der Waals surface area contributed by atoms with Crippen LogP contribution < -0.4 is 92.5 Å². The lowest BCUT2D eigenvalue weighted by molar-refractivity contribution is -0.163. The first-order chi connectivity index (χ1) is 66.9. The first-order valence-electron chi connectivity index (χ1n) is 47.3. The number of amides is 25. The third kappa shape index (κ3) is 36.0. The summed E-state index contributed by atoms with van der Waals surface area (Å²) in [5, 5.41) is 28.1. The van der Waals surface area contributed by atoms with Gasteiger partial charge in [-0.15, -0.1) is 0 Å². The molecule has 0 radical (unpaired) electrons. The van der Waals surface area contributed by atoms with E-state index in [1.807, 2.05) is 0 Å². The van der Waals surface area contributed by atoms with Gasteiger partial charge in [-0.25, -0.2) is 9.59 Å². The van der Waals surface area contributed by atoms with E-state index in [0.717, 1.165) is 71.2 Å². The number of ether oxygens (including phenoxy) is 2. The van der Waals surface area contributed by atoms with Crippen molar-refractivity contribution < 1.29 is 129 Å². The normalized spacial score (nSPS) is 21.8. The molecule has 0 saturated carbocycles. The average molecular weight is 2030 g/mol. The number of imide groups is 1. The van der Waals surface area contributed by atoms with Gasteiger partial charge in [-0.1, -0.05) is 133 Å². The molecule has 1 aromatic carbocycles. The van der Waals surface area contributed by atoms with E-state index in [4.69, 9.17) is 38.1 Å². The van der Waals surface area contributed by atoms with Crippen LogP contribution in [0, 0.1) is 35.5 Å². The van der Waals surface area contributed by atoms with Gasteiger partial charge in [0.1, 0.15) is 103 Å². The summed E-state index contributed by atoms with van der Waals surface area (Å²) in [4.78, 5) is 362. The number of rotatable bonds is 39. The third-order valence-corrected chi connectivity index (χ3v) is 25.0. The van der Waals surface area contributed by atoms with Crippen LogP contribution in [0.4, 0.5) is 4.79 Å². The molecule has 144 heavy (non-hydrogen) atoms. The van der Waals surface area contributed by atoms with Gasteiger partial charge >= 0.3 is 12.0 Å². The fourth-order valence-corrected chi connectivity index (χ4v) is 16.5. The number of primary amides is 5. The Bertz CT molecular complexity index is 4920. The standard InChI is InChI=1S/C93H148N24O27/c1-25-46(10)70-83(132)103-54-38-66(122)107-71(54)49(13)77(126)104-57(39-67(123)108-93(98)142)80(129)100-51(15)85(134)117(23)76(48(12)27-3)92(141)144-52(16)72(84(133)106-59(37-64(96)120)86(135)111(17)41-68(124)101-55(35-62(94)118)79(128)99-50(14)78(127)109-70)110-81(130)56(36-63(95)119)105-82(131)60(33-43(4)5)112(18)89(138)74(45(8)9)115(21)91(140)75(47(11)26-2)116(22)88(137)61(40-65(97)121)113(19)90(139)73(44(6)7)114(20)87(136)58(102-69(125)42-143-24)34-53-31-29-28-30-32-53/h28-32,43-48,50-52,54-61,70,72-76H,25-27,33-42H2,1-24H3,(H2,94,118)(H2,95,119)(H2,96,120)(H2,97,121)(H,99,128)(H,100,129)(H,101,124)(H,102,125)(H,103,132)(H,104,126)(H,105,131)(H,106,133)(H,107,122)(H,109,127)(H,110,130)(H3,98,108,123,142). The van der Waals surface area contributed by atoms with E-state index < -0.39 is 338 Å². The van der Waals surface area contributed by atoms with Crippen LogP contribution in [-0.2, 0) is 131 Å². The zero-order chi connectivity index (χ0) is 110. The molecule has 2 heterocycles. The highest BCUT2D eigenvalue weighted by Crippen LogP contribution is 2.28. The number of hydrogen-bond donors (Lipinski definition) is 17. The number of likely N-dealkylation sites (N-methyl/N-ethyl adjacent to an activating group) is 7. The molecular formula is C93H148N24O27. The lowest BCUT2D eigenvalue weighted by Gasteiger charge is -2.42. The van der Waals surface area contributed by atoms with Crippen molar-refractivity contribution in [2.24, 2.45) is 64.2 Å². The molecule has 1 fully saturated rings. The molecule has 2 aliphatic rings. The Morgan fingerprint density at radius 1 is 0.507 bits per heavy atom. The summed E-state index contributed by atoms with van der Waals surface area (Å²) in [6.45, 7) is 22.1. The lowest BCUT2D eigenvalue weighted by Crippen LogP contribution is -2.63. The lowest BCUT2D eigenvalue weighted by atomic mass is 9.92. The van der Waals surface area contributed by atoms with Crippen molar-refractivity contribution in [3.05, 3.63) is 47.2 Å². The molecule has 20 atom stereocenters. The third-order valence-electron chi connectivity index (χ3n) is 25.0. The molecule has 802 valence electrons. The minimum absolute atomic E-state index is 0.0133. The van der Waals surface area contributed by atoms with E-state index in [9.17, 15) is 81.5 Å². The summed E-state index contributed by atoms with van der Waals surface area (Å²) in [5.41, 5.74) is 28.0. The number of benzene rings is 1. The quantitative estimate of drug-likeness (QED) is 0.0273. The average Bonchev–Trinajstić information content (AvgIpc) is 0.876. The molecule has 22 N–H and O–H groups in total. The zero-order valence-corrected chi connectivity index (χ0v) is 86.4. The van der Waals surface area contributed by atoms with Gasteiger partial charge in [0.05, 0.1) is 51.1 Å². The van der Waals surface area contributed by atoms with Gasteiger partial charge in [-0.3, -0.25) is 116 Å². The number of cyclic esters (lactones) is 1. The van der Waals surface area contributed by atoms with E-state index in [-0.39, 0.29) is 43.4 Å². The highest BCUT2D eigenvalue weighted by Gasteiger charge is 2.49. The van der Waals surface area contributed by atoms with Gasteiger partial charge < -0.3 is 131 Å². The van der Waals surface area contributed by atoms with Crippen LogP contribution in [-0.4, -0.2) is 355 Å². The summed E-state index contributed by atoms with van der Waals surface area (Å²) in [6.07, 6.45) is -7.56. The number of nitrogens with one attached hydrogen (secondary N) is 12. The summed E-state index contributed by atoms with van der Waals surface area (Å²) >= 11 is 0. The van der Waals surface area contributed by atoms with E-state index in [1.54, 1.807) is 112 Å². The van der Waals surface area contributed by atoms with Crippen LogP contribution in [0.15, 0.2) is 41.6 Å². The number of methoxy groups -OCH3 is 1. The van der Waals surface area contributed by atoms with E-state index in [2.05, 4.69) is 58.5 Å². The van der Waals surface area contributed by atoms with E-state index >= 15 is 38.4 Å². The van der Waals surface area contributed by atoms with Gasteiger partial charge in [0.25, 0.3) is 0 Å². The second-order valence-corrected chi connectivity index (χ2v) is 37.7.